The molecule has 3 rings (SSSR count). The van der Waals surface area contributed by atoms with Crippen LogP contribution in [-0.2, 0) is 0 Å². The largest absolute Gasteiger partial charge is 0.396 e. The second kappa shape index (κ2) is 4.89. The maximum absolute atomic E-state index is 13.5. The van der Waals surface area contributed by atoms with Crippen molar-refractivity contribution in [3.8, 4) is 17.1 Å². The van der Waals surface area contributed by atoms with Crippen molar-refractivity contribution in [2.45, 2.75) is 0 Å². The van der Waals surface area contributed by atoms with Gasteiger partial charge in [-0.15, -0.1) is 5.10 Å². The fourth-order valence-corrected chi connectivity index (χ4v) is 1.87. The molecule has 106 valence electrons. The standard InChI is InChI=1S/C13H8F3N5/c14-8-4-9(15)6-10(5-8)21-13(18-19-20-21)7-1-2-12(17)11(16)3-7/h1-6H,17H2. The third kappa shape index (κ3) is 2.42. The molecule has 0 aliphatic heterocycles. The van der Waals surface area contributed by atoms with Crippen LogP contribution in [-0.4, -0.2) is 20.2 Å². The Morgan fingerprint density at radius 2 is 1.67 bits per heavy atom. The lowest BCUT2D eigenvalue weighted by molar-refractivity contribution is 0.579. The Balaban J connectivity index is 2.14. The van der Waals surface area contributed by atoms with E-state index in [1.807, 2.05) is 0 Å². The molecule has 0 saturated heterocycles. The average molecular weight is 291 g/mol. The summed E-state index contributed by atoms with van der Waals surface area (Å²) >= 11 is 0. The van der Waals surface area contributed by atoms with Gasteiger partial charge in [-0.25, -0.2) is 13.2 Å². The van der Waals surface area contributed by atoms with E-state index < -0.39 is 17.5 Å². The number of hydrogen-bond acceptors (Lipinski definition) is 4. The molecule has 0 unspecified atom stereocenters. The second-order valence-corrected chi connectivity index (χ2v) is 4.28. The highest BCUT2D eigenvalue weighted by Gasteiger charge is 2.14. The lowest BCUT2D eigenvalue weighted by Gasteiger charge is -2.06. The summed E-state index contributed by atoms with van der Waals surface area (Å²) in [5.74, 6) is -2.03. The van der Waals surface area contributed by atoms with Gasteiger partial charge in [0.25, 0.3) is 0 Å². The molecule has 0 fully saturated rings. The third-order valence-corrected chi connectivity index (χ3v) is 2.82. The van der Waals surface area contributed by atoms with Gasteiger partial charge < -0.3 is 5.73 Å². The van der Waals surface area contributed by atoms with E-state index in [0.717, 1.165) is 28.9 Å². The highest BCUT2D eigenvalue weighted by atomic mass is 19.1. The Hall–Kier alpha value is -2.90. The maximum atomic E-state index is 13.5. The van der Waals surface area contributed by atoms with Gasteiger partial charge in [-0.2, -0.15) is 4.68 Å². The summed E-state index contributed by atoms with van der Waals surface area (Å²) in [6.07, 6.45) is 0. The lowest BCUT2D eigenvalue weighted by atomic mass is 10.2. The predicted octanol–water partition coefficient (Wildman–Crippen LogP) is 2.33. The summed E-state index contributed by atoms with van der Waals surface area (Å²) in [6, 6.07) is 6.88. The summed E-state index contributed by atoms with van der Waals surface area (Å²) in [6.45, 7) is 0. The molecule has 0 saturated carbocycles. The minimum Gasteiger partial charge on any atom is -0.396 e. The van der Waals surface area contributed by atoms with Crippen LogP contribution in [0.25, 0.3) is 17.1 Å². The Morgan fingerprint density at radius 1 is 0.952 bits per heavy atom. The molecular formula is C13H8F3N5. The molecule has 0 bridgehead atoms. The first-order valence-electron chi connectivity index (χ1n) is 5.85. The maximum Gasteiger partial charge on any atom is 0.187 e. The van der Waals surface area contributed by atoms with Crippen molar-refractivity contribution in [3.05, 3.63) is 53.8 Å². The number of tetrazole rings is 1. The summed E-state index contributed by atoms with van der Waals surface area (Å²) in [7, 11) is 0. The predicted molar refractivity (Wildman–Crippen MR) is 68.9 cm³/mol. The van der Waals surface area contributed by atoms with E-state index in [-0.39, 0.29) is 17.2 Å². The molecule has 0 aliphatic rings. The van der Waals surface area contributed by atoms with Gasteiger partial charge in [-0.05, 0) is 40.8 Å². The van der Waals surface area contributed by atoms with Crippen molar-refractivity contribution in [2.75, 3.05) is 5.73 Å². The number of halogens is 3. The van der Waals surface area contributed by atoms with Gasteiger partial charge >= 0.3 is 0 Å². The number of anilines is 1. The Bertz CT molecular complexity index is 795. The van der Waals surface area contributed by atoms with Crippen molar-refractivity contribution < 1.29 is 13.2 Å². The van der Waals surface area contributed by atoms with Crippen LogP contribution in [0.5, 0.6) is 0 Å². The number of nitrogen functional groups attached to an aromatic ring is 1. The zero-order valence-corrected chi connectivity index (χ0v) is 10.5. The van der Waals surface area contributed by atoms with E-state index in [1.165, 1.54) is 12.1 Å². The highest BCUT2D eigenvalue weighted by molar-refractivity contribution is 5.60. The Labute approximate surface area is 116 Å². The van der Waals surface area contributed by atoms with Crippen LogP contribution in [0.1, 0.15) is 0 Å². The van der Waals surface area contributed by atoms with Crippen LogP contribution in [0.3, 0.4) is 0 Å². The van der Waals surface area contributed by atoms with E-state index in [4.69, 9.17) is 5.73 Å². The molecule has 2 N–H and O–H groups in total. The summed E-state index contributed by atoms with van der Waals surface area (Å²) < 4.78 is 41.2. The molecule has 0 amide bonds. The number of aromatic nitrogens is 4. The van der Waals surface area contributed by atoms with Crippen molar-refractivity contribution in [1.82, 2.24) is 20.2 Å². The Kier molecular flexibility index (Phi) is 3.05. The molecular weight excluding hydrogens is 283 g/mol. The molecule has 2 aromatic carbocycles. The molecule has 8 heteroatoms. The molecule has 0 atom stereocenters. The summed E-state index contributed by atoms with van der Waals surface area (Å²) in [5.41, 5.74) is 5.80. The molecule has 21 heavy (non-hydrogen) atoms. The van der Waals surface area contributed by atoms with Crippen molar-refractivity contribution in [2.24, 2.45) is 0 Å². The molecule has 0 radical (unpaired) electrons. The zero-order valence-electron chi connectivity index (χ0n) is 10.5. The number of rotatable bonds is 2. The van der Waals surface area contributed by atoms with E-state index in [2.05, 4.69) is 15.5 Å². The van der Waals surface area contributed by atoms with Gasteiger partial charge in [0.1, 0.15) is 17.5 Å². The van der Waals surface area contributed by atoms with Crippen LogP contribution in [0.2, 0.25) is 0 Å². The second-order valence-electron chi connectivity index (χ2n) is 4.28. The topological polar surface area (TPSA) is 69.6 Å². The van der Waals surface area contributed by atoms with Crippen LogP contribution < -0.4 is 5.73 Å². The van der Waals surface area contributed by atoms with Crippen molar-refractivity contribution in [3.63, 3.8) is 0 Å². The molecule has 5 nitrogen and oxygen atoms in total. The van der Waals surface area contributed by atoms with E-state index in [0.29, 0.717) is 5.56 Å². The fourth-order valence-electron chi connectivity index (χ4n) is 1.87. The summed E-state index contributed by atoms with van der Waals surface area (Å²) in [5, 5.41) is 10.9. The van der Waals surface area contributed by atoms with E-state index in [9.17, 15) is 13.2 Å². The lowest BCUT2D eigenvalue weighted by Crippen LogP contribution is -2.02. The monoisotopic (exact) mass is 291 g/mol. The Morgan fingerprint density at radius 3 is 2.33 bits per heavy atom. The average Bonchev–Trinajstić information content (AvgIpc) is 2.90. The number of nitrogens with two attached hydrogens (primary N) is 1. The van der Waals surface area contributed by atoms with E-state index >= 15 is 0 Å². The first-order valence-corrected chi connectivity index (χ1v) is 5.85. The van der Waals surface area contributed by atoms with Gasteiger partial charge in [0.2, 0.25) is 0 Å². The minimum atomic E-state index is -0.769. The smallest absolute Gasteiger partial charge is 0.187 e. The quantitative estimate of drug-likeness (QED) is 0.736. The van der Waals surface area contributed by atoms with Crippen LogP contribution in [0.15, 0.2) is 36.4 Å². The van der Waals surface area contributed by atoms with Crippen LogP contribution >= 0.6 is 0 Å². The van der Waals surface area contributed by atoms with Gasteiger partial charge in [0.15, 0.2) is 5.82 Å². The van der Waals surface area contributed by atoms with Crippen molar-refractivity contribution in [1.29, 1.82) is 0 Å². The van der Waals surface area contributed by atoms with Crippen molar-refractivity contribution >= 4 is 5.69 Å². The van der Waals surface area contributed by atoms with Crippen LogP contribution in [0, 0.1) is 17.5 Å². The molecule has 1 heterocycles. The number of hydrogen-bond donors (Lipinski definition) is 1. The normalized spacial score (nSPS) is 10.8. The first-order chi connectivity index (χ1) is 10.0. The van der Waals surface area contributed by atoms with Gasteiger partial charge in [0, 0.05) is 11.6 Å². The van der Waals surface area contributed by atoms with Gasteiger partial charge in [-0.3, -0.25) is 0 Å². The van der Waals surface area contributed by atoms with Crippen LogP contribution in [0.4, 0.5) is 18.9 Å². The van der Waals surface area contributed by atoms with E-state index in [1.54, 1.807) is 0 Å². The fraction of sp³-hybridized carbons (Fsp3) is 0. The number of nitrogens with zero attached hydrogens (tertiary/aromatic N) is 4. The molecule has 0 aliphatic carbocycles. The number of benzene rings is 2. The highest BCUT2D eigenvalue weighted by Crippen LogP contribution is 2.23. The SMILES string of the molecule is Nc1ccc(-c2nnnn2-c2cc(F)cc(F)c2)cc1F. The van der Waals surface area contributed by atoms with Gasteiger partial charge in [0.05, 0.1) is 11.4 Å². The van der Waals surface area contributed by atoms with Gasteiger partial charge in [-0.1, -0.05) is 0 Å². The molecule has 3 aromatic rings. The summed E-state index contributed by atoms with van der Waals surface area (Å²) in [4.78, 5) is 0. The minimum absolute atomic E-state index is 0.0189. The molecule has 1 aromatic heterocycles. The zero-order chi connectivity index (χ0) is 15.0. The molecule has 0 spiro atoms. The third-order valence-electron chi connectivity index (χ3n) is 2.82. The first kappa shape index (κ1) is 13.1.